The van der Waals surface area contributed by atoms with Gasteiger partial charge in [0, 0.05) is 56.2 Å². The lowest BCUT2D eigenvalue weighted by atomic mass is 10.2. The lowest BCUT2D eigenvalue weighted by Gasteiger charge is -2.29. The zero-order valence-corrected chi connectivity index (χ0v) is 18.2. The third-order valence-electron chi connectivity index (χ3n) is 6.05. The molecular weight excluding hydrogens is 397 g/mol. The molecule has 0 radical (unpaired) electrons. The monoisotopic (exact) mass is 427 g/mol. The van der Waals surface area contributed by atoms with Crippen LogP contribution in [0.1, 0.15) is 25.3 Å². The first kappa shape index (κ1) is 21.4. The Morgan fingerprint density at radius 1 is 1.16 bits per heavy atom. The van der Waals surface area contributed by atoms with Gasteiger partial charge in [0.05, 0.1) is 13.2 Å². The number of urea groups is 1. The molecule has 4 rings (SSSR count). The number of hydrogen-bond acceptors (Lipinski definition) is 4. The highest BCUT2D eigenvalue weighted by Gasteiger charge is 2.27. The fourth-order valence-electron chi connectivity index (χ4n) is 4.14. The fourth-order valence-corrected chi connectivity index (χ4v) is 4.14. The second kappa shape index (κ2) is 9.56. The minimum Gasteiger partial charge on any atom is -0.489 e. The average molecular weight is 428 g/mol. The number of likely N-dealkylation sites (tertiary alicyclic amines) is 1. The van der Waals surface area contributed by atoms with Crippen LogP contribution >= 0.6 is 0 Å². The van der Waals surface area contributed by atoms with Crippen LogP contribution in [0.15, 0.2) is 42.5 Å². The van der Waals surface area contributed by atoms with Crippen molar-refractivity contribution in [3.05, 3.63) is 53.8 Å². The maximum atomic E-state index is 14.1. The summed E-state index contributed by atoms with van der Waals surface area (Å²) >= 11 is 0. The summed E-state index contributed by atoms with van der Waals surface area (Å²) in [6, 6.07) is 12.8. The first-order valence-corrected chi connectivity index (χ1v) is 10.9. The average Bonchev–Trinajstić information content (AvgIpc) is 3.23. The molecule has 2 amide bonds. The number of anilines is 2. The highest BCUT2D eigenvalue weighted by Crippen LogP contribution is 2.26. The number of rotatable bonds is 5. The molecule has 2 heterocycles. The SMILES string of the molecule is C[C@H]1CCCN1C(=O)N(C)c1ccc(COc2cc(F)cc(N3CCOCC3)c2)cc1. The Balaban J connectivity index is 1.37. The van der Waals surface area contributed by atoms with Gasteiger partial charge in [-0.15, -0.1) is 0 Å². The Labute approximate surface area is 183 Å². The van der Waals surface area contributed by atoms with Gasteiger partial charge in [0.15, 0.2) is 0 Å². The van der Waals surface area contributed by atoms with Gasteiger partial charge in [-0.2, -0.15) is 0 Å². The van der Waals surface area contributed by atoms with Crippen molar-refractivity contribution in [2.45, 2.75) is 32.4 Å². The molecule has 0 N–H and O–H groups in total. The molecule has 0 aliphatic carbocycles. The van der Waals surface area contributed by atoms with Crippen LogP contribution in [0.5, 0.6) is 5.75 Å². The highest BCUT2D eigenvalue weighted by molar-refractivity contribution is 5.91. The number of nitrogens with zero attached hydrogens (tertiary/aromatic N) is 3. The van der Waals surface area contributed by atoms with E-state index in [-0.39, 0.29) is 17.9 Å². The van der Waals surface area contributed by atoms with Crippen molar-refractivity contribution in [2.24, 2.45) is 0 Å². The second-order valence-corrected chi connectivity index (χ2v) is 8.23. The van der Waals surface area contributed by atoms with E-state index in [2.05, 4.69) is 11.8 Å². The number of carbonyl (C=O) groups excluding carboxylic acids is 1. The summed E-state index contributed by atoms with van der Waals surface area (Å²) in [5, 5.41) is 0. The van der Waals surface area contributed by atoms with Crippen molar-refractivity contribution in [1.29, 1.82) is 0 Å². The summed E-state index contributed by atoms with van der Waals surface area (Å²) < 4.78 is 25.3. The quantitative estimate of drug-likeness (QED) is 0.715. The molecule has 0 unspecified atom stereocenters. The van der Waals surface area contributed by atoms with Gasteiger partial charge in [0.1, 0.15) is 18.2 Å². The molecule has 0 spiro atoms. The Morgan fingerprint density at radius 2 is 1.90 bits per heavy atom. The molecule has 2 aromatic rings. The van der Waals surface area contributed by atoms with Gasteiger partial charge in [0.2, 0.25) is 0 Å². The molecule has 2 saturated heterocycles. The van der Waals surface area contributed by atoms with Gasteiger partial charge < -0.3 is 19.3 Å². The summed E-state index contributed by atoms with van der Waals surface area (Å²) in [5.41, 5.74) is 2.61. The minimum atomic E-state index is -0.314. The van der Waals surface area contributed by atoms with Crippen molar-refractivity contribution in [2.75, 3.05) is 49.7 Å². The molecule has 2 aromatic carbocycles. The molecule has 166 valence electrons. The molecule has 2 fully saturated rings. The van der Waals surface area contributed by atoms with E-state index < -0.39 is 0 Å². The van der Waals surface area contributed by atoms with Crippen molar-refractivity contribution in [3.8, 4) is 5.75 Å². The molecule has 6 nitrogen and oxygen atoms in total. The Morgan fingerprint density at radius 3 is 2.58 bits per heavy atom. The van der Waals surface area contributed by atoms with Crippen molar-refractivity contribution in [3.63, 3.8) is 0 Å². The predicted octanol–water partition coefficient (Wildman–Crippen LogP) is 4.28. The maximum absolute atomic E-state index is 14.1. The van der Waals surface area contributed by atoms with E-state index in [4.69, 9.17) is 9.47 Å². The van der Waals surface area contributed by atoms with Gasteiger partial charge in [0.25, 0.3) is 0 Å². The molecule has 2 aliphatic rings. The molecule has 1 atom stereocenters. The van der Waals surface area contributed by atoms with E-state index in [9.17, 15) is 9.18 Å². The van der Waals surface area contributed by atoms with Crippen molar-refractivity contribution >= 4 is 17.4 Å². The lowest BCUT2D eigenvalue weighted by molar-refractivity contribution is 0.122. The first-order valence-electron chi connectivity index (χ1n) is 10.9. The minimum absolute atomic E-state index is 0.0319. The third-order valence-corrected chi connectivity index (χ3v) is 6.05. The fraction of sp³-hybridized carbons (Fsp3) is 0.458. The van der Waals surface area contributed by atoms with E-state index in [1.807, 2.05) is 35.2 Å². The van der Waals surface area contributed by atoms with Gasteiger partial charge in [-0.3, -0.25) is 4.90 Å². The Hall–Kier alpha value is -2.80. The van der Waals surface area contributed by atoms with Crippen molar-refractivity contribution < 1.29 is 18.7 Å². The third kappa shape index (κ3) is 5.10. The van der Waals surface area contributed by atoms with E-state index in [0.717, 1.165) is 49.4 Å². The molecular formula is C24H30FN3O3. The van der Waals surface area contributed by atoms with E-state index in [1.54, 1.807) is 11.9 Å². The number of halogens is 1. The van der Waals surface area contributed by atoms with Gasteiger partial charge in [-0.25, -0.2) is 9.18 Å². The number of carbonyl (C=O) groups is 1. The van der Waals surface area contributed by atoms with Crippen LogP contribution in [-0.4, -0.2) is 56.9 Å². The summed E-state index contributed by atoms with van der Waals surface area (Å²) in [6.45, 7) is 6.01. The van der Waals surface area contributed by atoms with E-state index in [1.165, 1.54) is 12.1 Å². The zero-order chi connectivity index (χ0) is 21.8. The molecule has 0 aromatic heterocycles. The number of benzene rings is 2. The van der Waals surface area contributed by atoms with Gasteiger partial charge >= 0.3 is 6.03 Å². The molecule has 7 heteroatoms. The number of hydrogen-bond donors (Lipinski definition) is 0. The standard InChI is InChI=1S/C24H30FN3O3/c1-18-4-3-9-28(18)24(29)26(2)21-7-5-19(6-8-21)17-31-23-15-20(25)14-22(16-23)27-10-12-30-13-11-27/h5-8,14-16,18H,3-4,9-13,17H2,1-2H3/t18-/m0/s1. The van der Waals surface area contributed by atoms with Gasteiger partial charge in [-0.1, -0.05) is 12.1 Å². The van der Waals surface area contributed by atoms with Crippen molar-refractivity contribution in [1.82, 2.24) is 4.90 Å². The van der Waals surface area contributed by atoms with Crippen LogP contribution in [0.4, 0.5) is 20.6 Å². The highest BCUT2D eigenvalue weighted by atomic mass is 19.1. The van der Waals surface area contributed by atoms with Crippen LogP contribution in [0.3, 0.4) is 0 Å². The topological polar surface area (TPSA) is 45.2 Å². The predicted molar refractivity (Wildman–Crippen MR) is 119 cm³/mol. The second-order valence-electron chi connectivity index (χ2n) is 8.23. The number of morpholine rings is 1. The molecule has 2 aliphatic heterocycles. The van der Waals surface area contributed by atoms with Crippen LogP contribution < -0.4 is 14.5 Å². The van der Waals surface area contributed by atoms with E-state index >= 15 is 0 Å². The largest absolute Gasteiger partial charge is 0.489 e. The molecule has 0 bridgehead atoms. The van der Waals surface area contributed by atoms with Crippen LogP contribution in [0, 0.1) is 5.82 Å². The summed E-state index contributed by atoms with van der Waals surface area (Å²) in [7, 11) is 1.80. The first-order chi connectivity index (χ1) is 15.0. The Bertz CT molecular complexity index is 899. The van der Waals surface area contributed by atoms with Crippen LogP contribution in [-0.2, 0) is 11.3 Å². The molecule has 0 saturated carbocycles. The lowest BCUT2D eigenvalue weighted by Crippen LogP contribution is -2.42. The number of amides is 2. The van der Waals surface area contributed by atoms with Gasteiger partial charge in [-0.05, 0) is 43.5 Å². The Kier molecular flexibility index (Phi) is 6.61. The number of ether oxygens (including phenoxy) is 2. The van der Waals surface area contributed by atoms with Crippen LogP contribution in [0.2, 0.25) is 0 Å². The van der Waals surface area contributed by atoms with Crippen LogP contribution in [0.25, 0.3) is 0 Å². The normalized spacial score (nSPS) is 18.9. The summed E-state index contributed by atoms with van der Waals surface area (Å²) in [5.74, 6) is 0.187. The smallest absolute Gasteiger partial charge is 0.324 e. The maximum Gasteiger partial charge on any atom is 0.324 e. The zero-order valence-electron chi connectivity index (χ0n) is 18.2. The summed E-state index contributed by atoms with van der Waals surface area (Å²) in [4.78, 5) is 18.4. The molecule has 31 heavy (non-hydrogen) atoms. The van der Waals surface area contributed by atoms with E-state index in [0.29, 0.717) is 25.6 Å². The summed E-state index contributed by atoms with van der Waals surface area (Å²) in [6.07, 6.45) is 2.12.